The number of rotatable bonds is 0. The second-order valence-corrected chi connectivity index (χ2v) is 0. The van der Waals surface area contributed by atoms with Crippen molar-refractivity contribution in [1.29, 1.82) is 0 Å². The fourth-order valence-corrected chi connectivity index (χ4v) is 0. The van der Waals surface area contributed by atoms with Crippen molar-refractivity contribution in [1.82, 2.24) is 0 Å². The Balaban J connectivity index is -0.00000000500. The first kappa shape index (κ1) is 16.7. The molecular weight excluding hydrogens is 226 g/mol. The molecule has 0 rings (SSSR count). The standard InChI is InChI=1S/BH4P.Ga.In.6H/c1-2;;;;;;;;/h1-2H2;;;;;;;;. The van der Waals surface area contributed by atoms with E-state index in [2.05, 4.69) is 9.12 Å². The van der Waals surface area contributed by atoms with E-state index in [1.165, 1.54) is 0 Å². The van der Waals surface area contributed by atoms with E-state index in [0.29, 0.717) is 0 Å². The molecule has 0 heterocycles. The molecule has 0 spiro atoms. The average Bonchev–Trinajstić information content (AvgIpc) is 1.00. The van der Waals surface area contributed by atoms with Crippen molar-refractivity contribution in [2.75, 3.05) is 0 Å². The van der Waals surface area contributed by atoms with E-state index in [1.54, 1.807) is 0 Å². The van der Waals surface area contributed by atoms with Gasteiger partial charge in [0.15, 0.2) is 0 Å². The molecule has 0 fully saturated rings. The molecule has 0 saturated carbocycles. The van der Waals surface area contributed by atoms with Crippen molar-refractivity contribution in [3.05, 3.63) is 0 Å². The van der Waals surface area contributed by atoms with Crippen molar-refractivity contribution in [2.45, 2.75) is 0 Å². The summed E-state index contributed by atoms with van der Waals surface area (Å²) >= 11 is 0. The third-order valence-electron chi connectivity index (χ3n) is 0. The Bertz CT molecular complexity index is 8.00. The number of hydrogen-bond donors (Lipinski definition) is 0. The summed E-state index contributed by atoms with van der Waals surface area (Å²) in [5, 5.41) is 0. The fraction of sp³-hybridized carbons (Fsp3) is 0. The van der Waals surface area contributed by atoms with Crippen LogP contribution in [0.3, 0.4) is 0 Å². The van der Waals surface area contributed by atoms with E-state index < -0.39 is 0 Å². The molecule has 1 unspecified atom stereocenters. The molecule has 0 aliphatic rings. The van der Waals surface area contributed by atoms with Crippen LogP contribution in [0.25, 0.3) is 0 Å². The van der Waals surface area contributed by atoms with Crippen LogP contribution in [0, 0.1) is 0 Å². The van der Waals surface area contributed by atoms with Crippen LogP contribution in [0.2, 0.25) is 0 Å². The van der Waals surface area contributed by atoms with Crippen LogP contribution in [0.15, 0.2) is 0 Å². The molecule has 0 aromatic heterocycles. The van der Waals surface area contributed by atoms with Crippen molar-refractivity contribution in [3.8, 4) is 0 Å². The van der Waals surface area contributed by atoms with Crippen LogP contribution >= 0.6 is 9.12 Å². The summed E-state index contributed by atoms with van der Waals surface area (Å²) in [6.07, 6.45) is 0. The van der Waals surface area contributed by atoms with Gasteiger partial charge in [0.2, 0.25) is 0 Å². The van der Waals surface area contributed by atoms with E-state index >= 15 is 0 Å². The molecule has 0 aromatic carbocycles. The molecule has 0 bridgehead atoms. The number of hydrogen-bond acceptors (Lipinski definition) is 0. The van der Waals surface area contributed by atoms with Gasteiger partial charge in [0.05, 0.1) is 0 Å². The van der Waals surface area contributed by atoms with Gasteiger partial charge in [0.25, 0.3) is 0 Å². The van der Waals surface area contributed by atoms with Crippen molar-refractivity contribution < 1.29 is 0 Å². The van der Waals surface area contributed by atoms with Gasteiger partial charge in [-0.15, -0.1) is 0 Å². The second kappa shape index (κ2) is 20.0. The molecule has 0 aliphatic heterocycles. The van der Waals surface area contributed by atoms with Gasteiger partial charge >= 0.3 is 45.6 Å². The minimum atomic E-state index is 0. The van der Waals surface area contributed by atoms with Crippen LogP contribution in [0.4, 0.5) is 0 Å². The molecule has 4 heavy (non-hydrogen) atoms. The van der Waals surface area contributed by atoms with E-state index in [4.69, 9.17) is 0 Å². The van der Waals surface area contributed by atoms with Crippen LogP contribution in [0.1, 0.15) is 0 Å². The Hall–Kier alpha value is 2.00. The molecule has 4 heteroatoms. The summed E-state index contributed by atoms with van der Waals surface area (Å²) in [5.74, 6) is 0. The van der Waals surface area contributed by atoms with Crippen molar-refractivity contribution in [3.63, 3.8) is 0 Å². The SMILES string of the molecule is BP.[GaH3].[InH3]. The third-order valence-corrected chi connectivity index (χ3v) is 0. The molecule has 0 nitrogen and oxygen atoms in total. The van der Waals surface area contributed by atoms with E-state index in [9.17, 15) is 0 Å². The monoisotopic (exact) mass is 236 g/mol. The summed E-state index contributed by atoms with van der Waals surface area (Å²) < 4.78 is 0. The zero-order valence-corrected chi connectivity index (χ0v) is 2.73. The van der Waals surface area contributed by atoms with E-state index in [1.807, 2.05) is 7.57 Å². The molecule has 1 atom stereocenters. The van der Waals surface area contributed by atoms with Gasteiger partial charge in [-0.3, -0.25) is 0 Å². The first-order chi connectivity index (χ1) is 1.00. The topological polar surface area (TPSA) is 0 Å². The van der Waals surface area contributed by atoms with Crippen LogP contribution < -0.4 is 0 Å². The molecule has 0 radical (unpaired) electrons. The summed E-state index contributed by atoms with van der Waals surface area (Å²) in [7, 11) is 4.33. The Morgan fingerprint density at radius 3 is 1.25 bits per heavy atom. The molecule has 24 valence electrons. The van der Waals surface area contributed by atoms with Gasteiger partial charge in [-0.1, -0.05) is 0 Å². The normalized spacial score (nSPS) is 1.25. The Morgan fingerprint density at radius 2 is 1.25 bits per heavy atom. The van der Waals surface area contributed by atoms with E-state index in [-0.39, 0.29) is 45.6 Å². The van der Waals surface area contributed by atoms with Gasteiger partial charge in [-0.25, -0.2) is 0 Å². The van der Waals surface area contributed by atoms with Gasteiger partial charge < -0.3 is 0 Å². The van der Waals surface area contributed by atoms with Gasteiger partial charge in [0, 0.05) is 0 Å². The minimum absolute atomic E-state index is 0. The Morgan fingerprint density at radius 1 is 1.25 bits per heavy atom. The summed E-state index contributed by atoms with van der Waals surface area (Å²) in [4.78, 5) is 0. The summed E-state index contributed by atoms with van der Waals surface area (Å²) in [6, 6.07) is 0. The van der Waals surface area contributed by atoms with Gasteiger partial charge in [0.1, 0.15) is 7.57 Å². The maximum atomic E-state index is 2.42. The molecular formula is H10BGaInP. The van der Waals surface area contributed by atoms with Crippen molar-refractivity contribution >= 4 is 62.3 Å². The molecule has 0 N–H and O–H groups in total. The first-order valence-electron chi connectivity index (χ1n) is 0.577. The maximum absolute atomic E-state index is 2.42. The third kappa shape index (κ3) is 9.00. The summed E-state index contributed by atoms with van der Waals surface area (Å²) in [6.45, 7) is 0. The predicted octanol–water partition coefficient (Wildman–Crippen LogP) is -2.96. The Labute approximate surface area is 61.9 Å². The summed E-state index contributed by atoms with van der Waals surface area (Å²) in [5.41, 5.74) is 0. The molecule has 0 aliphatic carbocycles. The van der Waals surface area contributed by atoms with Crippen LogP contribution in [-0.4, -0.2) is 53.2 Å². The molecule has 0 aromatic rings. The van der Waals surface area contributed by atoms with Crippen LogP contribution in [-0.2, 0) is 0 Å². The fourth-order valence-electron chi connectivity index (χ4n) is 0. The first-order valence-corrected chi connectivity index (χ1v) is 1.73. The second-order valence-electron chi connectivity index (χ2n) is 0. The zero-order valence-electron chi connectivity index (χ0n) is 1.58. The van der Waals surface area contributed by atoms with Gasteiger partial charge in [-0.05, 0) is 0 Å². The zero-order chi connectivity index (χ0) is 2.00. The molecule has 0 amide bonds. The van der Waals surface area contributed by atoms with Crippen LogP contribution in [0.5, 0.6) is 0 Å². The predicted molar refractivity (Wildman–Crippen MR) is 38.1 cm³/mol. The van der Waals surface area contributed by atoms with Gasteiger partial charge in [-0.2, -0.15) is 9.12 Å². The van der Waals surface area contributed by atoms with E-state index in [0.717, 1.165) is 0 Å². The molecule has 0 saturated heterocycles. The average molecular weight is 236 g/mol. The Kier molecular flexibility index (Phi) is 83.3. The quantitative estimate of drug-likeness (QED) is 0.311. The van der Waals surface area contributed by atoms with Crippen molar-refractivity contribution in [2.24, 2.45) is 0 Å².